The highest BCUT2D eigenvalue weighted by Gasteiger charge is 2.37. The van der Waals surface area contributed by atoms with Crippen LogP contribution in [0.25, 0.3) is 11.8 Å². The lowest BCUT2D eigenvalue weighted by Gasteiger charge is -2.19. The number of halogens is 2. The van der Waals surface area contributed by atoms with E-state index in [2.05, 4.69) is 0 Å². The number of nitrogens with zero attached hydrogens (tertiary/aromatic N) is 2. The van der Waals surface area contributed by atoms with Gasteiger partial charge in [0.05, 0.1) is 28.5 Å². The molecular weight excluding hydrogens is 447 g/mol. The van der Waals surface area contributed by atoms with Crippen LogP contribution in [-0.2, 0) is 14.3 Å². The minimum atomic E-state index is -0.484. The number of allylic oxidation sites excluding steroid dienone is 1. The third-order valence-corrected chi connectivity index (χ3v) is 6.01. The van der Waals surface area contributed by atoms with Crippen molar-refractivity contribution < 1.29 is 14.3 Å². The fraction of sp³-hybridized carbons (Fsp3) is 0.360. The minimum absolute atomic E-state index is 0.190. The molecule has 0 radical (unpaired) electrons. The third kappa shape index (κ3) is 4.50. The normalized spacial score (nSPS) is 15.5. The van der Waals surface area contributed by atoms with Gasteiger partial charge in [0, 0.05) is 28.7 Å². The SMILES string of the molecule is CCOC(=O)C1=C(C)N(CC(C)C)C(=O)/C1=C\c1cc(C)n(-c2cc(Cl)ccc2Cl)c1C. The number of carbonyl (C=O) groups excluding carboxylic acids is 2. The average molecular weight is 475 g/mol. The van der Waals surface area contributed by atoms with Crippen LogP contribution in [0.5, 0.6) is 0 Å². The van der Waals surface area contributed by atoms with Crippen molar-refractivity contribution in [2.24, 2.45) is 5.92 Å². The molecular formula is C25H28Cl2N2O3. The lowest BCUT2D eigenvalue weighted by atomic mass is 10.0. The summed E-state index contributed by atoms with van der Waals surface area (Å²) in [6.45, 7) is 12.3. The molecule has 0 saturated carbocycles. The first kappa shape index (κ1) is 24.1. The van der Waals surface area contributed by atoms with E-state index in [1.807, 2.05) is 38.3 Å². The van der Waals surface area contributed by atoms with Crippen LogP contribution >= 0.6 is 23.2 Å². The van der Waals surface area contributed by atoms with Gasteiger partial charge in [-0.25, -0.2) is 4.79 Å². The summed E-state index contributed by atoms with van der Waals surface area (Å²) in [7, 11) is 0. The first-order valence-corrected chi connectivity index (χ1v) is 11.4. The van der Waals surface area contributed by atoms with E-state index in [0.29, 0.717) is 33.4 Å². The minimum Gasteiger partial charge on any atom is -0.462 e. The van der Waals surface area contributed by atoms with Crippen LogP contribution in [0.1, 0.15) is 44.6 Å². The van der Waals surface area contributed by atoms with Crippen LogP contribution < -0.4 is 0 Å². The predicted octanol–water partition coefficient (Wildman–Crippen LogP) is 6.12. The van der Waals surface area contributed by atoms with Crippen LogP contribution in [0.4, 0.5) is 0 Å². The summed E-state index contributed by atoms with van der Waals surface area (Å²) in [5.74, 6) is -0.417. The fourth-order valence-corrected chi connectivity index (χ4v) is 4.40. The van der Waals surface area contributed by atoms with Gasteiger partial charge < -0.3 is 14.2 Å². The fourth-order valence-electron chi connectivity index (χ4n) is 4.03. The Morgan fingerprint density at radius 1 is 1.16 bits per heavy atom. The highest BCUT2D eigenvalue weighted by atomic mass is 35.5. The van der Waals surface area contributed by atoms with Crippen molar-refractivity contribution in [3.8, 4) is 5.69 Å². The number of aryl methyl sites for hydroxylation is 1. The first-order valence-electron chi connectivity index (χ1n) is 10.6. The van der Waals surface area contributed by atoms with Crippen molar-refractivity contribution in [1.82, 2.24) is 9.47 Å². The predicted molar refractivity (Wildman–Crippen MR) is 129 cm³/mol. The maximum Gasteiger partial charge on any atom is 0.340 e. The number of esters is 1. The van der Waals surface area contributed by atoms with Gasteiger partial charge in [-0.1, -0.05) is 37.0 Å². The summed E-state index contributed by atoms with van der Waals surface area (Å²) in [6, 6.07) is 7.27. The Bertz CT molecular complexity index is 1140. The molecule has 2 aromatic rings. The van der Waals surface area contributed by atoms with E-state index in [-0.39, 0.29) is 18.4 Å². The number of rotatable bonds is 6. The molecule has 1 aliphatic heterocycles. The summed E-state index contributed by atoms with van der Waals surface area (Å²) in [4.78, 5) is 27.7. The first-order chi connectivity index (χ1) is 15.1. The number of hydrogen-bond donors (Lipinski definition) is 0. The highest BCUT2D eigenvalue weighted by molar-refractivity contribution is 6.34. The molecule has 0 unspecified atom stereocenters. The second kappa shape index (κ2) is 9.55. The Morgan fingerprint density at radius 3 is 2.47 bits per heavy atom. The van der Waals surface area contributed by atoms with E-state index in [9.17, 15) is 9.59 Å². The summed E-state index contributed by atoms with van der Waals surface area (Å²) < 4.78 is 7.26. The molecule has 3 rings (SSSR count). The smallest absolute Gasteiger partial charge is 0.340 e. The van der Waals surface area contributed by atoms with Gasteiger partial charge in [-0.05, 0) is 69.5 Å². The Labute approximate surface area is 199 Å². The molecule has 1 aromatic heterocycles. The maximum atomic E-state index is 13.3. The van der Waals surface area contributed by atoms with Gasteiger partial charge >= 0.3 is 5.97 Å². The van der Waals surface area contributed by atoms with Crippen LogP contribution in [0.3, 0.4) is 0 Å². The van der Waals surface area contributed by atoms with Gasteiger partial charge in [-0.3, -0.25) is 4.79 Å². The Balaban J connectivity index is 2.15. The number of amides is 1. The number of ether oxygens (including phenoxy) is 1. The van der Waals surface area contributed by atoms with E-state index in [1.54, 1.807) is 43.0 Å². The Morgan fingerprint density at radius 2 is 1.84 bits per heavy atom. The lowest BCUT2D eigenvalue weighted by molar-refractivity contribution is -0.138. The van der Waals surface area contributed by atoms with Crippen LogP contribution in [-0.4, -0.2) is 34.5 Å². The molecule has 0 N–H and O–H groups in total. The molecule has 1 amide bonds. The van der Waals surface area contributed by atoms with Gasteiger partial charge in [0.15, 0.2) is 0 Å². The molecule has 2 heterocycles. The molecule has 0 aliphatic carbocycles. The van der Waals surface area contributed by atoms with E-state index in [0.717, 1.165) is 22.6 Å². The molecule has 7 heteroatoms. The standard InChI is InChI=1S/C25H28Cl2N2O3/c1-7-32-25(31)23-17(6)28(13-14(2)3)24(30)20(23)11-18-10-15(4)29(16(18)5)22-12-19(26)8-9-21(22)27/h8-12,14H,7,13H2,1-6H3/b20-11-. The van der Waals surface area contributed by atoms with Crippen LogP contribution in [0.2, 0.25) is 10.0 Å². The quantitative estimate of drug-likeness (QED) is 0.374. The second-order valence-corrected chi connectivity index (χ2v) is 9.15. The molecule has 0 atom stereocenters. The van der Waals surface area contributed by atoms with Crippen molar-refractivity contribution in [1.29, 1.82) is 0 Å². The van der Waals surface area contributed by atoms with Gasteiger partial charge in [0.1, 0.15) is 0 Å². The molecule has 0 saturated heterocycles. The van der Waals surface area contributed by atoms with Gasteiger partial charge in [0.2, 0.25) is 0 Å². The molecule has 0 bridgehead atoms. The zero-order valence-corrected chi connectivity index (χ0v) is 20.8. The monoisotopic (exact) mass is 474 g/mol. The van der Waals surface area contributed by atoms with Crippen molar-refractivity contribution >= 4 is 41.2 Å². The molecule has 1 aromatic carbocycles. The topological polar surface area (TPSA) is 51.5 Å². The zero-order chi connectivity index (χ0) is 23.7. The van der Waals surface area contributed by atoms with Gasteiger partial charge in [-0.2, -0.15) is 0 Å². The molecule has 0 spiro atoms. The summed E-state index contributed by atoms with van der Waals surface area (Å²) in [5, 5.41) is 1.15. The van der Waals surface area contributed by atoms with Crippen molar-refractivity contribution in [2.45, 2.75) is 41.5 Å². The van der Waals surface area contributed by atoms with Crippen LogP contribution in [0.15, 0.2) is 41.1 Å². The van der Waals surface area contributed by atoms with E-state index >= 15 is 0 Å². The van der Waals surface area contributed by atoms with Gasteiger partial charge in [0.25, 0.3) is 5.91 Å². The maximum absolute atomic E-state index is 13.3. The van der Waals surface area contributed by atoms with Crippen molar-refractivity contribution in [3.63, 3.8) is 0 Å². The second-order valence-electron chi connectivity index (χ2n) is 8.31. The van der Waals surface area contributed by atoms with Crippen LogP contribution in [0, 0.1) is 19.8 Å². The number of carbonyl (C=O) groups is 2. The van der Waals surface area contributed by atoms with E-state index < -0.39 is 5.97 Å². The highest BCUT2D eigenvalue weighted by Crippen LogP contribution is 2.35. The largest absolute Gasteiger partial charge is 0.462 e. The average Bonchev–Trinajstić information content (AvgIpc) is 3.11. The summed E-state index contributed by atoms with van der Waals surface area (Å²) in [6.07, 6.45) is 1.77. The van der Waals surface area contributed by atoms with Crippen molar-refractivity contribution in [2.75, 3.05) is 13.2 Å². The molecule has 0 fully saturated rings. The number of benzene rings is 1. The zero-order valence-electron chi connectivity index (χ0n) is 19.3. The molecule has 1 aliphatic rings. The van der Waals surface area contributed by atoms with Gasteiger partial charge in [-0.15, -0.1) is 0 Å². The summed E-state index contributed by atoms with van der Waals surface area (Å²) in [5.41, 5.74) is 4.69. The Kier molecular flexibility index (Phi) is 7.21. The lowest BCUT2D eigenvalue weighted by Crippen LogP contribution is -2.28. The number of aromatic nitrogens is 1. The Hall–Kier alpha value is -2.50. The molecule has 5 nitrogen and oxygen atoms in total. The summed E-state index contributed by atoms with van der Waals surface area (Å²) >= 11 is 12.6. The van der Waals surface area contributed by atoms with E-state index in [1.165, 1.54) is 0 Å². The van der Waals surface area contributed by atoms with E-state index in [4.69, 9.17) is 27.9 Å². The van der Waals surface area contributed by atoms with Crippen molar-refractivity contribution in [3.05, 3.63) is 68.1 Å². The number of hydrogen-bond acceptors (Lipinski definition) is 3. The molecule has 32 heavy (non-hydrogen) atoms. The molecule has 170 valence electrons. The third-order valence-electron chi connectivity index (χ3n) is 5.46.